The molecule has 1 rings (SSSR count). The van der Waals surface area contributed by atoms with Crippen LogP contribution < -0.4 is 14.2 Å². The zero-order valence-corrected chi connectivity index (χ0v) is 10.6. The quantitative estimate of drug-likeness (QED) is 0.597. The third-order valence-electron chi connectivity index (χ3n) is 2.16. The van der Waals surface area contributed by atoms with Crippen molar-refractivity contribution in [3.05, 3.63) is 17.7 Å². The molecule has 0 aliphatic heterocycles. The lowest BCUT2D eigenvalue weighted by Crippen LogP contribution is -2.11. The van der Waals surface area contributed by atoms with E-state index >= 15 is 0 Å². The van der Waals surface area contributed by atoms with Crippen molar-refractivity contribution in [2.24, 2.45) is 0 Å². The number of carbonyl (C=O) groups is 2. The first-order valence-electron chi connectivity index (χ1n) is 5.06. The first kappa shape index (κ1) is 13.8. The summed E-state index contributed by atoms with van der Waals surface area (Å²) in [6.45, 7) is 1.14. The summed E-state index contributed by atoms with van der Waals surface area (Å²) in [5, 5.41) is 0. The standard InChI is InChI=1S/C12H14O6/c1-7(13)18-12(14)8-5-6-9(15-2)11(17-4)10(8)16-3/h5-6H,1-4H3. The van der Waals surface area contributed by atoms with Crippen molar-refractivity contribution in [3.8, 4) is 17.2 Å². The van der Waals surface area contributed by atoms with E-state index < -0.39 is 11.9 Å². The lowest BCUT2D eigenvalue weighted by Gasteiger charge is -2.14. The van der Waals surface area contributed by atoms with Crippen LogP contribution in [0.2, 0.25) is 0 Å². The van der Waals surface area contributed by atoms with E-state index in [1.165, 1.54) is 33.5 Å². The molecule has 0 aliphatic carbocycles. The molecule has 0 unspecified atom stereocenters. The Morgan fingerprint density at radius 3 is 2.00 bits per heavy atom. The topological polar surface area (TPSA) is 71.1 Å². The molecule has 0 aromatic heterocycles. The smallest absolute Gasteiger partial charge is 0.349 e. The number of esters is 2. The van der Waals surface area contributed by atoms with Crippen molar-refractivity contribution in [3.63, 3.8) is 0 Å². The minimum absolute atomic E-state index is 0.0883. The maximum atomic E-state index is 11.7. The van der Waals surface area contributed by atoms with E-state index in [9.17, 15) is 9.59 Å². The Morgan fingerprint density at radius 1 is 0.944 bits per heavy atom. The van der Waals surface area contributed by atoms with Gasteiger partial charge in [0.25, 0.3) is 0 Å². The maximum absolute atomic E-state index is 11.7. The number of ether oxygens (including phenoxy) is 4. The average molecular weight is 254 g/mol. The van der Waals surface area contributed by atoms with Gasteiger partial charge < -0.3 is 18.9 Å². The highest BCUT2D eigenvalue weighted by Gasteiger charge is 2.22. The van der Waals surface area contributed by atoms with Crippen molar-refractivity contribution in [1.29, 1.82) is 0 Å². The van der Waals surface area contributed by atoms with Crippen molar-refractivity contribution < 1.29 is 28.5 Å². The molecule has 98 valence electrons. The number of methoxy groups -OCH3 is 3. The fraction of sp³-hybridized carbons (Fsp3) is 0.333. The Bertz CT molecular complexity index is 466. The fourth-order valence-electron chi connectivity index (χ4n) is 1.45. The van der Waals surface area contributed by atoms with Gasteiger partial charge in [-0.15, -0.1) is 0 Å². The number of hydrogen-bond donors (Lipinski definition) is 0. The Balaban J connectivity index is 3.28. The van der Waals surface area contributed by atoms with Gasteiger partial charge >= 0.3 is 11.9 Å². The monoisotopic (exact) mass is 254 g/mol. The summed E-state index contributed by atoms with van der Waals surface area (Å²) in [5.74, 6) is -0.674. The van der Waals surface area contributed by atoms with Crippen LogP contribution in [0.15, 0.2) is 12.1 Å². The molecule has 1 aromatic rings. The molecule has 0 spiro atoms. The molecule has 0 bridgehead atoms. The third kappa shape index (κ3) is 2.71. The van der Waals surface area contributed by atoms with Crippen molar-refractivity contribution >= 4 is 11.9 Å². The van der Waals surface area contributed by atoms with Gasteiger partial charge in [-0.05, 0) is 12.1 Å². The summed E-state index contributed by atoms with van der Waals surface area (Å²) in [5.41, 5.74) is 0.0883. The summed E-state index contributed by atoms with van der Waals surface area (Å²) >= 11 is 0. The second kappa shape index (κ2) is 5.90. The zero-order chi connectivity index (χ0) is 13.7. The molecule has 0 heterocycles. The predicted octanol–water partition coefficient (Wildman–Crippen LogP) is 1.42. The van der Waals surface area contributed by atoms with Crippen LogP contribution in [0.1, 0.15) is 17.3 Å². The van der Waals surface area contributed by atoms with Crippen LogP contribution in [0, 0.1) is 0 Å². The minimum atomic E-state index is -0.805. The second-order valence-electron chi connectivity index (χ2n) is 3.26. The molecule has 6 nitrogen and oxygen atoms in total. The fourth-order valence-corrected chi connectivity index (χ4v) is 1.45. The molecule has 0 saturated heterocycles. The van der Waals surface area contributed by atoms with Crippen molar-refractivity contribution in [1.82, 2.24) is 0 Å². The highest BCUT2D eigenvalue weighted by atomic mass is 16.6. The molecule has 18 heavy (non-hydrogen) atoms. The number of hydrogen-bond acceptors (Lipinski definition) is 6. The lowest BCUT2D eigenvalue weighted by molar-refractivity contribution is -0.135. The Morgan fingerprint density at radius 2 is 1.56 bits per heavy atom. The Hall–Kier alpha value is -2.24. The molecule has 0 saturated carbocycles. The molecule has 0 aliphatic rings. The van der Waals surface area contributed by atoms with Crippen LogP contribution in [-0.2, 0) is 9.53 Å². The predicted molar refractivity (Wildman–Crippen MR) is 62.2 cm³/mol. The van der Waals surface area contributed by atoms with Crippen LogP contribution in [-0.4, -0.2) is 33.3 Å². The largest absolute Gasteiger partial charge is 0.493 e. The van der Waals surface area contributed by atoms with Crippen LogP contribution in [0.4, 0.5) is 0 Å². The van der Waals surface area contributed by atoms with Gasteiger partial charge in [-0.3, -0.25) is 4.79 Å². The van der Waals surface area contributed by atoms with E-state index in [-0.39, 0.29) is 17.1 Å². The van der Waals surface area contributed by atoms with E-state index in [1.807, 2.05) is 0 Å². The number of benzene rings is 1. The highest BCUT2D eigenvalue weighted by Crippen LogP contribution is 2.39. The Kier molecular flexibility index (Phi) is 4.53. The van der Waals surface area contributed by atoms with Crippen LogP contribution in [0.5, 0.6) is 17.2 Å². The zero-order valence-electron chi connectivity index (χ0n) is 10.6. The van der Waals surface area contributed by atoms with Crippen LogP contribution in [0.25, 0.3) is 0 Å². The normalized spacial score (nSPS) is 9.56. The SMILES string of the molecule is COc1ccc(C(=O)OC(C)=O)c(OC)c1OC. The third-order valence-corrected chi connectivity index (χ3v) is 2.16. The Labute approximate surface area is 104 Å². The number of carbonyl (C=O) groups excluding carboxylic acids is 2. The highest BCUT2D eigenvalue weighted by molar-refractivity contribution is 5.99. The summed E-state index contributed by atoms with van der Waals surface area (Å²) in [7, 11) is 4.26. The van der Waals surface area contributed by atoms with Gasteiger partial charge in [-0.1, -0.05) is 0 Å². The van der Waals surface area contributed by atoms with E-state index in [0.717, 1.165) is 6.92 Å². The van der Waals surface area contributed by atoms with Gasteiger partial charge in [0, 0.05) is 6.92 Å². The summed E-state index contributed by atoms with van der Waals surface area (Å²) < 4.78 is 19.8. The first-order valence-corrected chi connectivity index (χ1v) is 5.06. The molecule has 0 fully saturated rings. The summed E-state index contributed by atoms with van der Waals surface area (Å²) in [6.07, 6.45) is 0. The molecule has 1 aromatic carbocycles. The summed E-state index contributed by atoms with van der Waals surface area (Å²) in [4.78, 5) is 22.4. The average Bonchev–Trinajstić information content (AvgIpc) is 2.35. The van der Waals surface area contributed by atoms with E-state index in [4.69, 9.17) is 14.2 Å². The molecule has 0 amide bonds. The first-order chi connectivity index (χ1) is 8.54. The minimum Gasteiger partial charge on any atom is -0.493 e. The number of rotatable bonds is 4. The second-order valence-corrected chi connectivity index (χ2v) is 3.26. The van der Waals surface area contributed by atoms with Gasteiger partial charge in [-0.2, -0.15) is 0 Å². The maximum Gasteiger partial charge on any atom is 0.349 e. The van der Waals surface area contributed by atoms with E-state index in [0.29, 0.717) is 5.75 Å². The van der Waals surface area contributed by atoms with Crippen LogP contribution in [0.3, 0.4) is 0 Å². The summed E-state index contributed by atoms with van der Waals surface area (Å²) in [6, 6.07) is 2.96. The molecule has 0 radical (unpaired) electrons. The van der Waals surface area contributed by atoms with Crippen LogP contribution >= 0.6 is 0 Å². The molecule has 0 atom stereocenters. The lowest BCUT2D eigenvalue weighted by atomic mass is 10.1. The van der Waals surface area contributed by atoms with Gasteiger partial charge in [0.2, 0.25) is 5.75 Å². The molecule has 6 heteroatoms. The van der Waals surface area contributed by atoms with Gasteiger partial charge in [0.1, 0.15) is 5.56 Å². The van der Waals surface area contributed by atoms with Gasteiger partial charge in [0.15, 0.2) is 11.5 Å². The molecule has 0 N–H and O–H groups in total. The van der Waals surface area contributed by atoms with Gasteiger partial charge in [0.05, 0.1) is 21.3 Å². The molecular formula is C12H14O6. The van der Waals surface area contributed by atoms with E-state index in [1.54, 1.807) is 0 Å². The van der Waals surface area contributed by atoms with Gasteiger partial charge in [-0.25, -0.2) is 4.79 Å². The van der Waals surface area contributed by atoms with E-state index in [2.05, 4.69) is 4.74 Å². The van der Waals surface area contributed by atoms with Crippen molar-refractivity contribution in [2.75, 3.05) is 21.3 Å². The van der Waals surface area contributed by atoms with Crippen molar-refractivity contribution in [2.45, 2.75) is 6.92 Å². The molecular weight excluding hydrogens is 240 g/mol.